The van der Waals surface area contributed by atoms with Gasteiger partial charge in [0, 0.05) is 44.8 Å². The molecule has 0 aliphatic carbocycles. The van der Waals surface area contributed by atoms with Crippen molar-refractivity contribution < 1.29 is 9.90 Å². The summed E-state index contributed by atoms with van der Waals surface area (Å²) in [6.07, 6.45) is 5.95. The smallest absolute Gasteiger partial charge is 0.341 e. The van der Waals surface area contributed by atoms with Crippen LogP contribution in [0.2, 0.25) is 0 Å². The summed E-state index contributed by atoms with van der Waals surface area (Å²) in [6, 6.07) is 0. The number of hydrogen-bond acceptors (Lipinski definition) is 7. The highest BCUT2D eigenvalue weighted by molar-refractivity contribution is 5.92. The maximum Gasteiger partial charge on any atom is 0.341 e. The SMILES string of the molecule is CNc1ncc(CN(C)c2ncncc2C(=O)O)cn1. The Hall–Kier alpha value is -2.77. The van der Waals surface area contributed by atoms with Gasteiger partial charge in [-0.15, -0.1) is 0 Å². The molecule has 0 aromatic carbocycles. The minimum absolute atomic E-state index is 0.0581. The van der Waals surface area contributed by atoms with Crippen molar-refractivity contribution in [3.8, 4) is 0 Å². The van der Waals surface area contributed by atoms with Gasteiger partial charge < -0.3 is 15.3 Å². The van der Waals surface area contributed by atoms with E-state index in [1.54, 1.807) is 31.4 Å². The first-order valence-electron chi connectivity index (χ1n) is 5.85. The standard InChI is InChI=1S/C12H14N6O2/c1-13-12-15-3-8(4-16-12)6-18(2)10-9(11(19)20)5-14-7-17-10/h3-5,7H,6H2,1-2H3,(H,19,20)(H,13,15,16). The molecule has 2 heterocycles. The van der Waals surface area contributed by atoms with E-state index < -0.39 is 5.97 Å². The van der Waals surface area contributed by atoms with Gasteiger partial charge in [-0.1, -0.05) is 0 Å². The van der Waals surface area contributed by atoms with Crippen molar-refractivity contribution in [1.29, 1.82) is 0 Å². The molecule has 0 atom stereocenters. The second-order valence-corrected chi connectivity index (χ2v) is 4.09. The molecule has 2 aromatic heterocycles. The van der Waals surface area contributed by atoms with Crippen molar-refractivity contribution in [3.63, 3.8) is 0 Å². The third kappa shape index (κ3) is 2.97. The molecule has 0 spiro atoms. The van der Waals surface area contributed by atoms with Gasteiger partial charge in [0.2, 0.25) is 5.95 Å². The molecule has 2 rings (SSSR count). The van der Waals surface area contributed by atoms with Crippen molar-refractivity contribution >= 4 is 17.7 Å². The van der Waals surface area contributed by atoms with Crippen LogP contribution in [0, 0.1) is 0 Å². The Kier molecular flexibility index (Phi) is 4.04. The van der Waals surface area contributed by atoms with Crippen LogP contribution in [0.5, 0.6) is 0 Å². The minimum atomic E-state index is -1.06. The van der Waals surface area contributed by atoms with Crippen LogP contribution < -0.4 is 10.2 Å². The predicted molar refractivity (Wildman–Crippen MR) is 72.7 cm³/mol. The van der Waals surface area contributed by atoms with Crippen LogP contribution in [0.1, 0.15) is 15.9 Å². The van der Waals surface area contributed by atoms with E-state index >= 15 is 0 Å². The number of aromatic carboxylic acids is 1. The molecule has 2 N–H and O–H groups in total. The van der Waals surface area contributed by atoms with Gasteiger partial charge >= 0.3 is 5.97 Å². The van der Waals surface area contributed by atoms with E-state index in [1.165, 1.54) is 12.5 Å². The molecule has 0 amide bonds. The summed E-state index contributed by atoms with van der Waals surface area (Å²) in [5.74, 6) is -0.177. The molecule has 0 fully saturated rings. The van der Waals surface area contributed by atoms with Crippen LogP contribution in [-0.4, -0.2) is 45.1 Å². The third-order valence-corrected chi connectivity index (χ3v) is 2.63. The zero-order valence-corrected chi connectivity index (χ0v) is 11.1. The molecule has 0 bridgehead atoms. The highest BCUT2D eigenvalue weighted by Crippen LogP contribution is 2.16. The van der Waals surface area contributed by atoms with E-state index in [9.17, 15) is 4.79 Å². The summed E-state index contributed by atoms with van der Waals surface area (Å²) in [5.41, 5.74) is 0.907. The number of anilines is 2. The first-order chi connectivity index (χ1) is 9.61. The van der Waals surface area contributed by atoms with E-state index in [4.69, 9.17) is 5.11 Å². The number of carboxylic acids is 1. The van der Waals surface area contributed by atoms with Crippen LogP contribution in [0.25, 0.3) is 0 Å². The average molecular weight is 274 g/mol. The van der Waals surface area contributed by atoms with Gasteiger partial charge in [-0.05, 0) is 0 Å². The molecule has 0 aliphatic heterocycles. The lowest BCUT2D eigenvalue weighted by Gasteiger charge is -2.19. The van der Waals surface area contributed by atoms with Gasteiger partial charge in [-0.25, -0.2) is 24.7 Å². The largest absolute Gasteiger partial charge is 0.477 e. The second-order valence-electron chi connectivity index (χ2n) is 4.09. The molecule has 0 unspecified atom stereocenters. The van der Waals surface area contributed by atoms with Gasteiger partial charge in [0.1, 0.15) is 17.7 Å². The normalized spacial score (nSPS) is 10.1. The van der Waals surface area contributed by atoms with E-state index in [0.717, 1.165) is 5.56 Å². The molecule has 0 saturated carbocycles. The van der Waals surface area contributed by atoms with Gasteiger partial charge in [0.15, 0.2) is 0 Å². The molecule has 0 radical (unpaired) electrons. The van der Waals surface area contributed by atoms with E-state index in [2.05, 4.69) is 25.3 Å². The van der Waals surface area contributed by atoms with Crippen molar-refractivity contribution in [1.82, 2.24) is 19.9 Å². The number of nitrogens with one attached hydrogen (secondary N) is 1. The lowest BCUT2D eigenvalue weighted by molar-refractivity contribution is 0.0696. The number of aromatic nitrogens is 4. The fourth-order valence-electron chi connectivity index (χ4n) is 1.69. The Morgan fingerprint density at radius 2 is 2.00 bits per heavy atom. The maximum atomic E-state index is 11.1. The van der Waals surface area contributed by atoms with Crippen LogP contribution in [0.15, 0.2) is 24.9 Å². The van der Waals surface area contributed by atoms with Crippen molar-refractivity contribution in [2.45, 2.75) is 6.54 Å². The maximum absolute atomic E-state index is 11.1. The molecule has 8 nitrogen and oxygen atoms in total. The summed E-state index contributed by atoms with van der Waals surface area (Å²) in [7, 11) is 3.49. The van der Waals surface area contributed by atoms with E-state index in [1.807, 2.05) is 0 Å². The zero-order valence-electron chi connectivity index (χ0n) is 11.1. The number of carbonyl (C=O) groups is 1. The molecule has 8 heteroatoms. The van der Waals surface area contributed by atoms with E-state index in [-0.39, 0.29) is 5.56 Å². The number of hydrogen-bond donors (Lipinski definition) is 2. The van der Waals surface area contributed by atoms with Crippen LogP contribution in [0.3, 0.4) is 0 Å². The van der Waals surface area contributed by atoms with Crippen LogP contribution >= 0.6 is 0 Å². The highest BCUT2D eigenvalue weighted by atomic mass is 16.4. The highest BCUT2D eigenvalue weighted by Gasteiger charge is 2.15. The molecule has 104 valence electrons. The lowest BCUT2D eigenvalue weighted by atomic mass is 10.2. The van der Waals surface area contributed by atoms with E-state index in [0.29, 0.717) is 18.3 Å². The minimum Gasteiger partial charge on any atom is -0.477 e. The second kappa shape index (κ2) is 5.91. The summed E-state index contributed by atoms with van der Waals surface area (Å²) < 4.78 is 0. The number of rotatable bonds is 5. The van der Waals surface area contributed by atoms with Gasteiger partial charge in [0.05, 0.1) is 0 Å². The number of carboxylic acid groups (broad SMARTS) is 1. The Balaban J connectivity index is 2.19. The Labute approximate surface area is 115 Å². The summed E-state index contributed by atoms with van der Waals surface area (Å²) in [5, 5.41) is 11.9. The fraction of sp³-hybridized carbons (Fsp3) is 0.250. The summed E-state index contributed by atoms with van der Waals surface area (Å²) in [4.78, 5) is 28.8. The number of nitrogens with zero attached hydrogens (tertiary/aromatic N) is 5. The topological polar surface area (TPSA) is 104 Å². The first-order valence-corrected chi connectivity index (χ1v) is 5.85. The monoisotopic (exact) mass is 274 g/mol. The lowest BCUT2D eigenvalue weighted by Crippen LogP contribution is -2.21. The van der Waals surface area contributed by atoms with Crippen LogP contribution in [0.4, 0.5) is 11.8 Å². The van der Waals surface area contributed by atoms with Crippen LogP contribution in [-0.2, 0) is 6.54 Å². The third-order valence-electron chi connectivity index (χ3n) is 2.63. The Morgan fingerprint density at radius 1 is 1.30 bits per heavy atom. The Bertz CT molecular complexity index is 601. The molecule has 0 aliphatic rings. The van der Waals surface area contributed by atoms with Crippen molar-refractivity contribution in [2.75, 3.05) is 24.3 Å². The van der Waals surface area contributed by atoms with Gasteiger partial charge in [-0.3, -0.25) is 0 Å². The van der Waals surface area contributed by atoms with Crippen molar-refractivity contribution in [3.05, 3.63) is 36.0 Å². The first kappa shape index (κ1) is 13.7. The fourth-order valence-corrected chi connectivity index (χ4v) is 1.69. The van der Waals surface area contributed by atoms with Gasteiger partial charge in [0.25, 0.3) is 0 Å². The van der Waals surface area contributed by atoms with Crippen molar-refractivity contribution in [2.24, 2.45) is 0 Å². The summed E-state index contributed by atoms with van der Waals surface area (Å²) >= 11 is 0. The quantitative estimate of drug-likeness (QED) is 0.818. The van der Waals surface area contributed by atoms with Gasteiger partial charge in [-0.2, -0.15) is 0 Å². The zero-order chi connectivity index (χ0) is 14.5. The molecule has 0 saturated heterocycles. The Morgan fingerprint density at radius 3 is 2.60 bits per heavy atom. The average Bonchev–Trinajstić information content (AvgIpc) is 2.48. The molecule has 20 heavy (non-hydrogen) atoms. The molecular weight excluding hydrogens is 260 g/mol. The molecule has 2 aromatic rings. The predicted octanol–water partition coefficient (Wildman–Crippen LogP) is 0.643. The molecular formula is C12H14N6O2. The summed E-state index contributed by atoms with van der Waals surface area (Å²) in [6.45, 7) is 0.446.